The molecule has 1 heteroatoms. The van der Waals surface area contributed by atoms with Gasteiger partial charge >= 0.3 is 0 Å². The van der Waals surface area contributed by atoms with Crippen LogP contribution in [0.25, 0.3) is 11.1 Å². The van der Waals surface area contributed by atoms with Gasteiger partial charge < -0.3 is 0 Å². The van der Waals surface area contributed by atoms with E-state index in [-0.39, 0.29) is 0 Å². The standard InChI is InChI=1S/C18H17N/c1-13-4-3-5-14(2)18(13)16-10-11-19-17(12-16)9-8-15-6-7-15/h3-5,10-12,15H,6-7H2,1-2H3. The molecule has 19 heavy (non-hydrogen) atoms. The second kappa shape index (κ2) is 4.90. The molecule has 1 heterocycles. The normalized spacial score (nSPS) is 13.8. The average molecular weight is 247 g/mol. The summed E-state index contributed by atoms with van der Waals surface area (Å²) in [6, 6.07) is 10.6. The van der Waals surface area contributed by atoms with Crippen LogP contribution in [-0.4, -0.2) is 4.98 Å². The van der Waals surface area contributed by atoms with Crippen molar-refractivity contribution in [2.75, 3.05) is 0 Å². The van der Waals surface area contributed by atoms with Gasteiger partial charge in [0.2, 0.25) is 0 Å². The lowest BCUT2D eigenvalue weighted by atomic mass is 9.96. The fourth-order valence-corrected chi connectivity index (χ4v) is 2.33. The number of nitrogens with zero attached hydrogens (tertiary/aromatic N) is 1. The quantitative estimate of drug-likeness (QED) is 0.690. The van der Waals surface area contributed by atoms with Crippen LogP contribution in [0, 0.1) is 31.6 Å². The van der Waals surface area contributed by atoms with Crippen LogP contribution < -0.4 is 0 Å². The molecule has 0 aliphatic heterocycles. The summed E-state index contributed by atoms with van der Waals surface area (Å²) in [5.41, 5.74) is 6.00. The molecule has 0 spiro atoms. The van der Waals surface area contributed by atoms with Crippen molar-refractivity contribution in [3.8, 4) is 23.0 Å². The van der Waals surface area contributed by atoms with E-state index in [1.807, 2.05) is 6.20 Å². The van der Waals surface area contributed by atoms with Crippen molar-refractivity contribution in [1.29, 1.82) is 0 Å². The Balaban J connectivity index is 2.01. The highest BCUT2D eigenvalue weighted by Crippen LogP contribution is 2.28. The van der Waals surface area contributed by atoms with Crippen molar-refractivity contribution in [3.63, 3.8) is 0 Å². The van der Waals surface area contributed by atoms with Gasteiger partial charge in [-0.3, -0.25) is 0 Å². The zero-order valence-corrected chi connectivity index (χ0v) is 11.4. The van der Waals surface area contributed by atoms with Crippen LogP contribution >= 0.6 is 0 Å². The van der Waals surface area contributed by atoms with E-state index in [2.05, 4.69) is 61.0 Å². The second-order valence-corrected chi connectivity index (χ2v) is 5.24. The van der Waals surface area contributed by atoms with E-state index in [0.717, 1.165) is 5.69 Å². The molecule has 1 aliphatic rings. The van der Waals surface area contributed by atoms with Crippen LogP contribution in [0.4, 0.5) is 0 Å². The van der Waals surface area contributed by atoms with Gasteiger partial charge in [0.25, 0.3) is 0 Å². The SMILES string of the molecule is Cc1cccc(C)c1-c1ccnc(C#CC2CC2)c1. The molecule has 0 atom stereocenters. The van der Waals surface area contributed by atoms with Crippen LogP contribution in [0.1, 0.15) is 29.7 Å². The van der Waals surface area contributed by atoms with Gasteiger partial charge in [-0.2, -0.15) is 0 Å². The molecule has 1 aromatic heterocycles. The number of hydrogen-bond acceptors (Lipinski definition) is 1. The molecule has 1 saturated carbocycles. The molecule has 0 unspecified atom stereocenters. The summed E-state index contributed by atoms with van der Waals surface area (Å²) in [6.45, 7) is 4.30. The minimum atomic E-state index is 0.616. The molecule has 2 aromatic rings. The molecular formula is C18H17N. The monoisotopic (exact) mass is 247 g/mol. The third kappa shape index (κ3) is 2.69. The van der Waals surface area contributed by atoms with Crippen molar-refractivity contribution < 1.29 is 0 Å². The number of benzene rings is 1. The minimum absolute atomic E-state index is 0.616. The first-order valence-corrected chi connectivity index (χ1v) is 6.78. The lowest BCUT2D eigenvalue weighted by Gasteiger charge is -2.09. The lowest BCUT2D eigenvalue weighted by molar-refractivity contribution is 1.17. The first-order valence-electron chi connectivity index (χ1n) is 6.78. The van der Waals surface area contributed by atoms with E-state index in [1.54, 1.807) is 0 Å². The third-order valence-electron chi connectivity index (χ3n) is 3.51. The summed E-state index contributed by atoms with van der Waals surface area (Å²) in [6.07, 6.45) is 4.37. The molecule has 0 N–H and O–H groups in total. The third-order valence-corrected chi connectivity index (χ3v) is 3.51. The Hall–Kier alpha value is -2.07. The highest BCUT2D eigenvalue weighted by atomic mass is 14.7. The number of rotatable bonds is 1. The Kier molecular flexibility index (Phi) is 3.09. The van der Waals surface area contributed by atoms with Gasteiger partial charge in [0.1, 0.15) is 5.69 Å². The Bertz CT molecular complexity index is 649. The van der Waals surface area contributed by atoms with E-state index in [1.165, 1.54) is 35.1 Å². The van der Waals surface area contributed by atoms with Crippen LogP contribution in [-0.2, 0) is 0 Å². The Morgan fingerprint density at radius 3 is 2.53 bits per heavy atom. The van der Waals surface area contributed by atoms with Gasteiger partial charge in [0.15, 0.2) is 0 Å². The van der Waals surface area contributed by atoms with Crippen LogP contribution in [0.15, 0.2) is 36.5 Å². The zero-order chi connectivity index (χ0) is 13.2. The van der Waals surface area contributed by atoms with Gasteiger partial charge in [-0.15, -0.1) is 0 Å². The molecule has 1 fully saturated rings. The molecule has 0 bridgehead atoms. The van der Waals surface area contributed by atoms with Crippen molar-refractivity contribution in [3.05, 3.63) is 53.3 Å². The largest absolute Gasteiger partial charge is 0.248 e. The van der Waals surface area contributed by atoms with Crippen molar-refractivity contribution in [2.24, 2.45) is 5.92 Å². The maximum absolute atomic E-state index is 4.35. The number of hydrogen-bond donors (Lipinski definition) is 0. The fraction of sp³-hybridized carbons (Fsp3) is 0.278. The Labute approximate surface area is 114 Å². The molecule has 94 valence electrons. The zero-order valence-electron chi connectivity index (χ0n) is 11.4. The highest BCUT2D eigenvalue weighted by Gasteiger charge is 2.17. The predicted octanol–water partition coefficient (Wildman–Crippen LogP) is 4.13. The van der Waals surface area contributed by atoms with Gasteiger partial charge in [-0.05, 0) is 67.0 Å². The van der Waals surface area contributed by atoms with E-state index in [9.17, 15) is 0 Å². The second-order valence-electron chi connectivity index (χ2n) is 5.24. The first kappa shape index (κ1) is 12.0. The lowest BCUT2D eigenvalue weighted by Crippen LogP contribution is -1.90. The van der Waals surface area contributed by atoms with Gasteiger partial charge in [-0.25, -0.2) is 4.98 Å². The van der Waals surface area contributed by atoms with E-state index < -0.39 is 0 Å². The van der Waals surface area contributed by atoms with Gasteiger partial charge in [-0.1, -0.05) is 24.1 Å². The summed E-state index contributed by atoms with van der Waals surface area (Å²) in [4.78, 5) is 4.35. The average Bonchev–Trinajstić information content (AvgIpc) is 3.21. The molecule has 1 aliphatic carbocycles. The molecule has 1 nitrogen and oxygen atoms in total. The molecular weight excluding hydrogens is 230 g/mol. The fourth-order valence-electron chi connectivity index (χ4n) is 2.33. The van der Waals surface area contributed by atoms with Crippen molar-refractivity contribution >= 4 is 0 Å². The summed E-state index contributed by atoms with van der Waals surface area (Å²) in [5, 5.41) is 0. The molecule has 0 amide bonds. The van der Waals surface area contributed by atoms with Crippen LogP contribution in [0.2, 0.25) is 0 Å². The van der Waals surface area contributed by atoms with Crippen molar-refractivity contribution in [2.45, 2.75) is 26.7 Å². The van der Waals surface area contributed by atoms with Crippen LogP contribution in [0.3, 0.4) is 0 Å². The summed E-state index contributed by atoms with van der Waals surface area (Å²) in [7, 11) is 0. The molecule has 3 rings (SSSR count). The Morgan fingerprint density at radius 2 is 1.84 bits per heavy atom. The van der Waals surface area contributed by atoms with E-state index >= 15 is 0 Å². The summed E-state index contributed by atoms with van der Waals surface area (Å²) in [5.74, 6) is 7.08. The summed E-state index contributed by atoms with van der Waals surface area (Å²) >= 11 is 0. The van der Waals surface area contributed by atoms with E-state index in [4.69, 9.17) is 0 Å². The summed E-state index contributed by atoms with van der Waals surface area (Å²) < 4.78 is 0. The molecule has 1 aromatic carbocycles. The predicted molar refractivity (Wildman–Crippen MR) is 78.7 cm³/mol. The van der Waals surface area contributed by atoms with Gasteiger partial charge in [0.05, 0.1) is 0 Å². The number of aryl methyl sites for hydroxylation is 2. The smallest absolute Gasteiger partial charge is 0.113 e. The van der Waals surface area contributed by atoms with Gasteiger partial charge in [0, 0.05) is 12.1 Å². The number of aromatic nitrogens is 1. The molecule has 0 saturated heterocycles. The van der Waals surface area contributed by atoms with Crippen LogP contribution in [0.5, 0.6) is 0 Å². The van der Waals surface area contributed by atoms with E-state index in [0.29, 0.717) is 5.92 Å². The maximum Gasteiger partial charge on any atom is 0.113 e. The Morgan fingerprint density at radius 1 is 1.11 bits per heavy atom. The number of pyridine rings is 1. The molecule has 0 radical (unpaired) electrons. The van der Waals surface area contributed by atoms with Crippen molar-refractivity contribution in [1.82, 2.24) is 4.98 Å². The minimum Gasteiger partial charge on any atom is -0.248 e. The maximum atomic E-state index is 4.35. The first-order chi connectivity index (χ1) is 9.24. The highest BCUT2D eigenvalue weighted by molar-refractivity contribution is 5.71. The topological polar surface area (TPSA) is 12.9 Å².